The number of aliphatic hydroxyl groups excluding tert-OH is 1. The molecule has 2 amide bonds. The van der Waals surface area contributed by atoms with Crippen molar-refractivity contribution in [2.24, 2.45) is 5.92 Å². The number of pyridine rings is 1. The second-order valence-corrected chi connectivity index (χ2v) is 9.26. The zero-order chi connectivity index (χ0) is 24.3. The van der Waals surface area contributed by atoms with Crippen LogP contribution >= 0.6 is 11.6 Å². The van der Waals surface area contributed by atoms with Gasteiger partial charge in [0, 0.05) is 45.1 Å². The number of carbonyl (C=O) groups excluding carboxylic acids is 2. The summed E-state index contributed by atoms with van der Waals surface area (Å²) in [6.07, 6.45) is 3.51. The van der Waals surface area contributed by atoms with Crippen LogP contribution in [0.1, 0.15) is 40.4 Å². The van der Waals surface area contributed by atoms with Crippen molar-refractivity contribution in [3.8, 4) is 11.1 Å². The van der Waals surface area contributed by atoms with E-state index < -0.39 is 18.0 Å². The minimum atomic E-state index is -0.741. The van der Waals surface area contributed by atoms with Gasteiger partial charge in [0.15, 0.2) is 5.65 Å². The number of anilines is 1. The van der Waals surface area contributed by atoms with Crippen LogP contribution < -0.4 is 10.6 Å². The van der Waals surface area contributed by atoms with Gasteiger partial charge in [0.25, 0.3) is 5.91 Å². The lowest BCUT2D eigenvalue weighted by Crippen LogP contribution is -2.37. The van der Waals surface area contributed by atoms with Crippen molar-refractivity contribution in [2.45, 2.75) is 25.0 Å². The zero-order valence-corrected chi connectivity index (χ0v) is 19.0. The lowest BCUT2D eigenvalue weighted by molar-refractivity contribution is -0.126. The average molecular weight is 492 g/mol. The predicted octanol–water partition coefficient (Wildman–Crippen LogP) is 3.73. The van der Waals surface area contributed by atoms with Crippen LogP contribution in [-0.2, 0) is 4.79 Å². The molecular weight excluding hydrogens is 473 g/mol. The molecule has 1 saturated carbocycles. The van der Waals surface area contributed by atoms with Crippen LogP contribution in [0.4, 0.5) is 10.1 Å². The van der Waals surface area contributed by atoms with E-state index in [4.69, 9.17) is 11.6 Å². The summed E-state index contributed by atoms with van der Waals surface area (Å²) in [4.78, 5) is 30.1. The third kappa shape index (κ3) is 3.73. The fourth-order valence-corrected chi connectivity index (χ4v) is 4.92. The maximum Gasteiger partial charge on any atom is 0.252 e. The van der Waals surface area contributed by atoms with E-state index in [0.717, 1.165) is 5.56 Å². The molecule has 0 bridgehead atoms. The van der Waals surface area contributed by atoms with Gasteiger partial charge in [-0.3, -0.25) is 9.59 Å². The second-order valence-electron chi connectivity index (χ2n) is 8.85. The molecule has 6 rings (SSSR count). The van der Waals surface area contributed by atoms with E-state index in [0.29, 0.717) is 51.5 Å². The van der Waals surface area contributed by atoms with E-state index in [-0.39, 0.29) is 17.7 Å². The molecule has 1 unspecified atom stereocenters. The molecular formula is C25H19ClFN5O3. The number of nitrogens with one attached hydrogen (secondary N) is 2. The van der Waals surface area contributed by atoms with Gasteiger partial charge in [0.05, 0.1) is 12.1 Å². The third-order valence-corrected chi connectivity index (χ3v) is 6.95. The van der Waals surface area contributed by atoms with Gasteiger partial charge in [-0.05, 0) is 60.9 Å². The Morgan fingerprint density at radius 2 is 2.00 bits per heavy atom. The van der Waals surface area contributed by atoms with Crippen molar-refractivity contribution in [3.63, 3.8) is 0 Å². The fraction of sp³-hybridized carbons (Fsp3) is 0.200. The summed E-state index contributed by atoms with van der Waals surface area (Å²) in [5.74, 6) is -1.41. The zero-order valence-electron chi connectivity index (χ0n) is 18.2. The smallest absolute Gasteiger partial charge is 0.252 e. The molecule has 2 aromatic carbocycles. The summed E-state index contributed by atoms with van der Waals surface area (Å²) < 4.78 is 15.7. The summed E-state index contributed by atoms with van der Waals surface area (Å²) in [6.45, 7) is 0. The minimum absolute atomic E-state index is 0.246. The number of halogens is 2. The summed E-state index contributed by atoms with van der Waals surface area (Å²) in [7, 11) is 0. The van der Waals surface area contributed by atoms with Crippen LogP contribution in [0, 0.1) is 11.7 Å². The second kappa shape index (κ2) is 8.14. The first kappa shape index (κ1) is 21.7. The Hall–Kier alpha value is -3.82. The van der Waals surface area contributed by atoms with Crippen LogP contribution in [0.25, 0.3) is 16.8 Å². The molecule has 176 valence electrons. The summed E-state index contributed by atoms with van der Waals surface area (Å²) >= 11 is 6.37. The molecule has 0 spiro atoms. The fourth-order valence-electron chi connectivity index (χ4n) is 4.70. The van der Waals surface area contributed by atoms with E-state index in [2.05, 4.69) is 20.7 Å². The van der Waals surface area contributed by atoms with Gasteiger partial charge in [-0.15, -0.1) is 0 Å². The maximum atomic E-state index is 14.1. The molecule has 2 aromatic heterocycles. The quantitative estimate of drug-likeness (QED) is 0.403. The van der Waals surface area contributed by atoms with Crippen LogP contribution in [0.3, 0.4) is 0 Å². The van der Waals surface area contributed by atoms with E-state index in [1.54, 1.807) is 28.9 Å². The number of nitrogens with zero attached hydrogens (tertiary/aromatic N) is 3. The van der Waals surface area contributed by atoms with Crippen molar-refractivity contribution < 1.29 is 19.1 Å². The van der Waals surface area contributed by atoms with E-state index in [1.165, 1.54) is 24.5 Å². The molecule has 0 radical (unpaired) electrons. The molecule has 1 aliphatic heterocycles. The van der Waals surface area contributed by atoms with Gasteiger partial charge < -0.3 is 15.7 Å². The number of aliphatic hydroxyl groups is 1. The van der Waals surface area contributed by atoms with Gasteiger partial charge in [-0.25, -0.2) is 13.9 Å². The number of hydrogen-bond donors (Lipinski definition) is 3. The van der Waals surface area contributed by atoms with Crippen molar-refractivity contribution in [1.29, 1.82) is 0 Å². The van der Waals surface area contributed by atoms with Crippen molar-refractivity contribution in [3.05, 3.63) is 82.5 Å². The van der Waals surface area contributed by atoms with Crippen LogP contribution in [0.5, 0.6) is 0 Å². The molecule has 1 fully saturated rings. The molecule has 1 atom stereocenters. The van der Waals surface area contributed by atoms with Crippen LogP contribution in [-0.4, -0.2) is 37.6 Å². The Bertz CT molecular complexity index is 1510. The first-order valence-electron chi connectivity index (χ1n) is 11.1. The maximum absolute atomic E-state index is 14.1. The standard InChI is InChI=1S/C25H19ClFN5O3/c26-19-3-2-15(27)9-17(19)23-22-18(25(35)31-23)7-13(12-1-4-21-28-11-29-32(21)10-12)8-20(22)30-24(34)14-5-16(33)6-14/h1-4,7-11,14,16,23,33H,5-6H2,(H,30,34)(H,31,35). The minimum Gasteiger partial charge on any atom is -0.393 e. The van der Waals surface area contributed by atoms with E-state index in [9.17, 15) is 19.1 Å². The first-order chi connectivity index (χ1) is 16.9. The Labute approximate surface area is 203 Å². The molecule has 8 nitrogen and oxygen atoms in total. The SMILES string of the molecule is O=C1NC(c2cc(F)ccc2Cl)c2c(NC(=O)C3CC(O)C3)cc(-c3ccc4ncnn4c3)cc21. The van der Waals surface area contributed by atoms with Crippen molar-refractivity contribution in [1.82, 2.24) is 19.9 Å². The van der Waals surface area contributed by atoms with Crippen LogP contribution in [0.15, 0.2) is 55.0 Å². The molecule has 1 aliphatic carbocycles. The molecule has 10 heteroatoms. The van der Waals surface area contributed by atoms with Gasteiger partial charge in [-0.2, -0.15) is 5.10 Å². The number of hydrogen-bond acceptors (Lipinski definition) is 5. The number of fused-ring (bicyclic) bond motifs is 2. The number of amides is 2. The van der Waals surface area contributed by atoms with E-state index in [1.807, 2.05) is 6.07 Å². The average Bonchev–Trinajstić information content (AvgIpc) is 3.42. The molecule has 2 aliphatic rings. The Balaban J connectivity index is 1.49. The van der Waals surface area contributed by atoms with Gasteiger partial charge in [0.1, 0.15) is 12.1 Å². The Morgan fingerprint density at radius 3 is 2.80 bits per heavy atom. The third-order valence-electron chi connectivity index (χ3n) is 6.61. The molecule has 4 aromatic rings. The first-order valence-corrected chi connectivity index (χ1v) is 11.5. The monoisotopic (exact) mass is 491 g/mol. The molecule has 35 heavy (non-hydrogen) atoms. The van der Waals surface area contributed by atoms with Gasteiger partial charge >= 0.3 is 0 Å². The predicted molar refractivity (Wildman–Crippen MR) is 127 cm³/mol. The molecule has 3 heterocycles. The number of benzene rings is 2. The highest BCUT2D eigenvalue weighted by Crippen LogP contribution is 2.42. The van der Waals surface area contributed by atoms with Crippen molar-refractivity contribution in [2.75, 3.05) is 5.32 Å². The van der Waals surface area contributed by atoms with E-state index >= 15 is 0 Å². The summed E-state index contributed by atoms with van der Waals surface area (Å²) in [5.41, 5.74) is 3.81. The number of rotatable bonds is 4. The van der Waals surface area contributed by atoms with Gasteiger partial charge in [-0.1, -0.05) is 11.6 Å². The highest BCUT2D eigenvalue weighted by Gasteiger charge is 2.37. The lowest BCUT2D eigenvalue weighted by atomic mass is 9.81. The Morgan fingerprint density at radius 1 is 1.17 bits per heavy atom. The van der Waals surface area contributed by atoms with Gasteiger partial charge in [0.2, 0.25) is 5.91 Å². The number of carbonyl (C=O) groups is 2. The van der Waals surface area contributed by atoms with Crippen LogP contribution in [0.2, 0.25) is 5.02 Å². The molecule has 0 saturated heterocycles. The topological polar surface area (TPSA) is 109 Å². The largest absolute Gasteiger partial charge is 0.393 e. The normalized spacial score (nSPS) is 20.9. The lowest BCUT2D eigenvalue weighted by Gasteiger charge is -2.30. The highest BCUT2D eigenvalue weighted by atomic mass is 35.5. The molecule has 3 N–H and O–H groups in total. The summed E-state index contributed by atoms with van der Waals surface area (Å²) in [5, 5.41) is 19.9. The Kier molecular flexibility index (Phi) is 5.05. The van der Waals surface area contributed by atoms with Crippen molar-refractivity contribution >= 4 is 34.7 Å². The summed E-state index contributed by atoms with van der Waals surface area (Å²) in [6, 6.07) is 10.4. The highest BCUT2D eigenvalue weighted by molar-refractivity contribution is 6.31. The number of aromatic nitrogens is 3.